The summed E-state index contributed by atoms with van der Waals surface area (Å²) in [6.07, 6.45) is -0.998. The van der Waals surface area contributed by atoms with E-state index in [9.17, 15) is 17.6 Å². The Balaban J connectivity index is 3.36. The summed E-state index contributed by atoms with van der Waals surface area (Å²) in [7, 11) is 0. The van der Waals surface area contributed by atoms with Crippen LogP contribution < -0.4 is 11.5 Å². The fourth-order valence-corrected chi connectivity index (χ4v) is 1.40. The number of nitrogens with two attached hydrogens (primary N) is 2. The predicted molar refractivity (Wildman–Crippen MR) is 44.0 cm³/mol. The first-order valence-electron chi connectivity index (χ1n) is 4.04. The zero-order chi connectivity index (χ0) is 11.4. The summed E-state index contributed by atoms with van der Waals surface area (Å²) in [5.74, 6) is -3.06. The molecule has 0 spiro atoms. The van der Waals surface area contributed by atoms with Crippen LogP contribution >= 0.6 is 0 Å². The fraction of sp³-hybridized carbons (Fsp3) is 0.750. The molecule has 82 valence electrons. The monoisotopic (exact) mass is 212 g/mol. The van der Waals surface area contributed by atoms with Gasteiger partial charge in [-0.3, -0.25) is 0 Å². The lowest BCUT2D eigenvalue weighted by Crippen LogP contribution is -2.72. The fourth-order valence-electron chi connectivity index (χ4n) is 1.40. The van der Waals surface area contributed by atoms with E-state index in [1.54, 1.807) is 0 Å². The molecule has 6 heteroatoms. The van der Waals surface area contributed by atoms with Crippen molar-refractivity contribution in [3.05, 3.63) is 11.7 Å². The van der Waals surface area contributed by atoms with E-state index in [0.717, 1.165) is 13.8 Å². The van der Waals surface area contributed by atoms with Crippen molar-refractivity contribution in [1.29, 1.82) is 0 Å². The SMILES string of the molecule is CC1(F)CC(F)=C(F)C(N)(N)C1(C)F. The van der Waals surface area contributed by atoms with Gasteiger partial charge in [0.15, 0.2) is 22.8 Å². The van der Waals surface area contributed by atoms with E-state index in [2.05, 4.69) is 0 Å². The molecule has 0 aromatic carbocycles. The molecule has 0 saturated heterocycles. The quantitative estimate of drug-likeness (QED) is 0.473. The van der Waals surface area contributed by atoms with Crippen LogP contribution in [-0.2, 0) is 0 Å². The highest BCUT2D eigenvalue weighted by Gasteiger charge is 2.63. The van der Waals surface area contributed by atoms with Crippen molar-refractivity contribution in [1.82, 2.24) is 0 Å². The zero-order valence-corrected chi connectivity index (χ0v) is 7.87. The smallest absolute Gasteiger partial charge is 0.179 e. The Kier molecular flexibility index (Phi) is 2.21. The van der Waals surface area contributed by atoms with E-state index in [1.807, 2.05) is 0 Å². The summed E-state index contributed by atoms with van der Waals surface area (Å²) in [6.45, 7) is 1.52. The molecule has 0 fully saturated rings. The highest BCUT2D eigenvalue weighted by molar-refractivity contribution is 5.30. The number of allylic oxidation sites excluding steroid dienone is 1. The van der Waals surface area contributed by atoms with Crippen LogP contribution in [0.4, 0.5) is 17.6 Å². The van der Waals surface area contributed by atoms with Crippen LogP contribution in [0.2, 0.25) is 0 Å². The molecule has 4 N–H and O–H groups in total. The third kappa shape index (κ3) is 1.17. The van der Waals surface area contributed by atoms with Crippen molar-refractivity contribution in [3.63, 3.8) is 0 Å². The second-order valence-electron chi connectivity index (χ2n) is 3.97. The molecule has 0 radical (unpaired) electrons. The van der Waals surface area contributed by atoms with Crippen molar-refractivity contribution in [2.75, 3.05) is 0 Å². The van der Waals surface area contributed by atoms with Gasteiger partial charge in [0.1, 0.15) is 5.83 Å². The summed E-state index contributed by atoms with van der Waals surface area (Å²) in [4.78, 5) is 0. The van der Waals surface area contributed by atoms with Crippen molar-refractivity contribution in [3.8, 4) is 0 Å². The van der Waals surface area contributed by atoms with E-state index in [0.29, 0.717) is 0 Å². The maximum atomic E-state index is 13.8. The van der Waals surface area contributed by atoms with Crippen molar-refractivity contribution < 1.29 is 17.6 Å². The minimum absolute atomic E-state index is 0.721. The summed E-state index contributed by atoms with van der Waals surface area (Å²) in [6, 6.07) is 0. The number of rotatable bonds is 0. The molecule has 2 nitrogen and oxygen atoms in total. The van der Waals surface area contributed by atoms with Gasteiger partial charge in [-0.15, -0.1) is 0 Å². The number of hydrogen-bond acceptors (Lipinski definition) is 2. The Morgan fingerprint density at radius 3 is 2.00 bits per heavy atom. The summed E-state index contributed by atoms with van der Waals surface area (Å²) in [5, 5.41) is 0. The molecule has 0 aliphatic heterocycles. The molecule has 0 saturated carbocycles. The second kappa shape index (κ2) is 2.70. The molecule has 2 unspecified atom stereocenters. The average molecular weight is 212 g/mol. The van der Waals surface area contributed by atoms with Gasteiger partial charge in [0, 0.05) is 6.42 Å². The molecule has 1 rings (SSSR count). The summed E-state index contributed by atoms with van der Waals surface area (Å²) < 4.78 is 53.3. The zero-order valence-electron chi connectivity index (χ0n) is 7.87. The Morgan fingerprint density at radius 2 is 1.57 bits per heavy atom. The predicted octanol–water partition coefficient (Wildman–Crippen LogP) is 1.61. The number of halogens is 4. The van der Waals surface area contributed by atoms with E-state index < -0.39 is 35.1 Å². The third-order valence-corrected chi connectivity index (χ3v) is 2.84. The van der Waals surface area contributed by atoms with Gasteiger partial charge in [-0.2, -0.15) is 0 Å². The highest BCUT2D eigenvalue weighted by atomic mass is 19.2. The first-order valence-corrected chi connectivity index (χ1v) is 4.04. The lowest BCUT2D eigenvalue weighted by molar-refractivity contribution is -0.0785. The first-order chi connectivity index (χ1) is 6.04. The summed E-state index contributed by atoms with van der Waals surface area (Å²) >= 11 is 0. The van der Waals surface area contributed by atoms with Crippen LogP contribution in [0.15, 0.2) is 11.7 Å². The van der Waals surface area contributed by atoms with Gasteiger partial charge in [0.05, 0.1) is 0 Å². The molecule has 0 bridgehead atoms. The van der Waals surface area contributed by atoms with Gasteiger partial charge < -0.3 is 11.5 Å². The minimum atomic E-state index is -2.86. The van der Waals surface area contributed by atoms with E-state index in [-0.39, 0.29) is 0 Å². The molecule has 1 aliphatic carbocycles. The number of alkyl halides is 2. The van der Waals surface area contributed by atoms with Crippen molar-refractivity contribution >= 4 is 0 Å². The van der Waals surface area contributed by atoms with Gasteiger partial charge in [-0.1, -0.05) is 0 Å². The van der Waals surface area contributed by atoms with Gasteiger partial charge in [0.25, 0.3) is 0 Å². The molecule has 0 aromatic rings. The Hall–Kier alpha value is -0.620. The molecule has 0 amide bonds. The summed E-state index contributed by atoms with van der Waals surface area (Å²) in [5.41, 5.74) is 1.85. The van der Waals surface area contributed by atoms with E-state index >= 15 is 0 Å². The normalized spacial score (nSPS) is 42.9. The van der Waals surface area contributed by atoms with Crippen molar-refractivity contribution in [2.24, 2.45) is 11.5 Å². The number of hydrogen-bond donors (Lipinski definition) is 2. The van der Waals surface area contributed by atoms with Gasteiger partial charge >= 0.3 is 0 Å². The molecule has 0 aromatic heterocycles. The van der Waals surface area contributed by atoms with Crippen LogP contribution in [0.3, 0.4) is 0 Å². The third-order valence-electron chi connectivity index (χ3n) is 2.84. The Labute approximate surface area is 78.9 Å². The topological polar surface area (TPSA) is 52.0 Å². The molecule has 0 heterocycles. The molecular weight excluding hydrogens is 200 g/mol. The van der Waals surface area contributed by atoms with Crippen LogP contribution in [0.1, 0.15) is 20.3 Å². The average Bonchev–Trinajstić information content (AvgIpc) is 1.99. The maximum absolute atomic E-state index is 13.8. The minimum Gasteiger partial charge on any atom is -0.305 e. The van der Waals surface area contributed by atoms with E-state index in [1.165, 1.54) is 0 Å². The first kappa shape index (κ1) is 11.5. The van der Waals surface area contributed by atoms with Crippen molar-refractivity contribution in [2.45, 2.75) is 37.3 Å². The lowest BCUT2D eigenvalue weighted by Gasteiger charge is -2.46. The van der Waals surface area contributed by atoms with Crippen LogP contribution in [-0.4, -0.2) is 17.0 Å². The lowest BCUT2D eigenvalue weighted by atomic mass is 9.72. The molecule has 2 atom stereocenters. The van der Waals surface area contributed by atoms with E-state index in [4.69, 9.17) is 11.5 Å². The Bertz CT molecular complexity index is 294. The molecule has 14 heavy (non-hydrogen) atoms. The Morgan fingerprint density at radius 1 is 1.14 bits per heavy atom. The van der Waals surface area contributed by atoms with Gasteiger partial charge in [-0.05, 0) is 13.8 Å². The largest absolute Gasteiger partial charge is 0.305 e. The molecular formula is C8H12F4N2. The highest BCUT2D eigenvalue weighted by Crippen LogP contribution is 2.48. The maximum Gasteiger partial charge on any atom is 0.179 e. The molecule has 1 aliphatic rings. The second-order valence-corrected chi connectivity index (χ2v) is 3.97. The van der Waals surface area contributed by atoms with Gasteiger partial charge in [-0.25, -0.2) is 17.6 Å². The van der Waals surface area contributed by atoms with Gasteiger partial charge in [0.2, 0.25) is 0 Å². The standard InChI is InChI=1S/C8H12F4N2/c1-6(11)3-4(9)5(10)8(13,14)7(6,2)12/h3,13-14H2,1-2H3. The van der Waals surface area contributed by atoms with Crippen LogP contribution in [0.5, 0.6) is 0 Å². The van der Waals surface area contributed by atoms with Crippen LogP contribution in [0, 0.1) is 0 Å². The van der Waals surface area contributed by atoms with Crippen LogP contribution in [0.25, 0.3) is 0 Å².